The minimum atomic E-state index is -1.22. The van der Waals surface area contributed by atoms with Crippen molar-refractivity contribution in [3.05, 3.63) is 23.8 Å². The number of phenols is 1. The van der Waals surface area contributed by atoms with E-state index in [-0.39, 0.29) is 17.3 Å². The molecule has 0 aliphatic heterocycles. The van der Waals surface area contributed by atoms with Crippen molar-refractivity contribution in [1.82, 2.24) is 5.32 Å². The van der Waals surface area contributed by atoms with Crippen molar-refractivity contribution < 1.29 is 19.8 Å². The maximum atomic E-state index is 11.5. The first-order valence-electron chi connectivity index (χ1n) is 6.01. The third-order valence-electron chi connectivity index (χ3n) is 2.49. The fourth-order valence-corrected chi connectivity index (χ4v) is 1.44. The summed E-state index contributed by atoms with van der Waals surface area (Å²) in [6, 6.07) is 3.47. The number of benzene rings is 1. The van der Waals surface area contributed by atoms with Gasteiger partial charge in [0.15, 0.2) is 0 Å². The fourth-order valence-electron chi connectivity index (χ4n) is 1.44. The highest BCUT2D eigenvalue weighted by Crippen LogP contribution is 2.21. The smallest absolute Gasteiger partial charge is 0.339 e. The zero-order valence-electron chi connectivity index (χ0n) is 10.9. The predicted octanol–water partition coefficient (Wildman–Crippen LogP) is 2.26. The van der Waals surface area contributed by atoms with Crippen molar-refractivity contribution >= 4 is 17.7 Å². The summed E-state index contributed by atoms with van der Waals surface area (Å²) in [6.07, 6.45) is 0.872. The lowest BCUT2D eigenvalue weighted by atomic mass is 10.1. The van der Waals surface area contributed by atoms with Crippen molar-refractivity contribution in [2.75, 3.05) is 11.9 Å². The van der Waals surface area contributed by atoms with Gasteiger partial charge in [-0.1, -0.05) is 13.8 Å². The van der Waals surface area contributed by atoms with E-state index in [9.17, 15) is 14.7 Å². The molecule has 1 aromatic rings. The van der Waals surface area contributed by atoms with E-state index >= 15 is 0 Å². The van der Waals surface area contributed by atoms with E-state index in [1.807, 2.05) is 0 Å². The highest BCUT2D eigenvalue weighted by Gasteiger charge is 2.10. The molecule has 0 fully saturated rings. The zero-order chi connectivity index (χ0) is 14.4. The van der Waals surface area contributed by atoms with Crippen LogP contribution in [0.1, 0.15) is 30.6 Å². The first kappa shape index (κ1) is 14.8. The summed E-state index contributed by atoms with van der Waals surface area (Å²) in [5.74, 6) is -1.10. The molecule has 104 valence electrons. The number of carbonyl (C=O) groups is 2. The lowest BCUT2D eigenvalue weighted by Crippen LogP contribution is -2.30. The van der Waals surface area contributed by atoms with E-state index < -0.39 is 5.97 Å². The Hall–Kier alpha value is -2.24. The van der Waals surface area contributed by atoms with Crippen LogP contribution < -0.4 is 10.6 Å². The Bertz CT molecular complexity index is 472. The lowest BCUT2D eigenvalue weighted by Gasteiger charge is -2.09. The number of aromatic carboxylic acids is 1. The van der Waals surface area contributed by atoms with Crippen molar-refractivity contribution in [3.63, 3.8) is 0 Å². The van der Waals surface area contributed by atoms with Gasteiger partial charge in [-0.25, -0.2) is 9.59 Å². The van der Waals surface area contributed by atoms with Gasteiger partial charge < -0.3 is 20.8 Å². The standard InChI is InChI=1S/C13H18N2O4/c1-8(2)5-6-14-13(19)15-9-3-4-10(12(17)18)11(16)7-9/h3-4,7-8,16H,5-6H2,1-2H3,(H,17,18)(H2,14,15,19). The average molecular weight is 266 g/mol. The molecule has 2 amide bonds. The number of amides is 2. The van der Waals surface area contributed by atoms with Crippen LogP contribution in [0.15, 0.2) is 18.2 Å². The highest BCUT2D eigenvalue weighted by atomic mass is 16.4. The van der Waals surface area contributed by atoms with Gasteiger partial charge in [0.05, 0.1) is 0 Å². The number of anilines is 1. The number of aromatic hydroxyl groups is 1. The highest BCUT2D eigenvalue weighted by molar-refractivity contribution is 5.93. The van der Waals surface area contributed by atoms with Crippen LogP contribution in [0.5, 0.6) is 5.75 Å². The molecule has 0 unspecified atom stereocenters. The van der Waals surface area contributed by atoms with E-state index in [0.717, 1.165) is 6.42 Å². The summed E-state index contributed by atoms with van der Waals surface area (Å²) >= 11 is 0. The van der Waals surface area contributed by atoms with Gasteiger partial charge in [0.2, 0.25) is 0 Å². The van der Waals surface area contributed by atoms with Gasteiger partial charge in [0, 0.05) is 18.3 Å². The Morgan fingerprint density at radius 3 is 2.53 bits per heavy atom. The summed E-state index contributed by atoms with van der Waals surface area (Å²) in [5.41, 5.74) is 0.135. The summed E-state index contributed by atoms with van der Waals surface area (Å²) in [6.45, 7) is 4.67. The molecule has 0 spiro atoms. The van der Waals surface area contributed by atoms with Crippen LogP contribution in [0.4, 0.5) is 10.5 Å². The van der Waals surface area contributed by atoms with Gasteiger partial charge in [-0.3, -0.25) is 0 Å². The van der Waals surface area contributed by atoms with Crippen molar-refractivity contribution in [3.8, 4) is 5.75 Å². The lowest BCUT2D eigenvalue weighted by molar-refractivity contribution is 0.0694. The second-order valence-corrected chi connectivity index (χ2v) is 4.60. The molecule has 0 bridgehead atoms. The summed E-state index contributed by atoms with van der Waals surface area (Å²) < 4.78 is 0. The van der Waals surface area contributed by atoms with Crippen LogP contribution >= 0.6 is 0 Å². The number of carboxylic acid groups (broad SMARTS) is 1. The van der Waals surface area contributed by atoms with Gasteiger partial charge in [-0.05, 0) is 24.5 Å². The summed E-state index contributed by atoms with van der Waals surface area (Å²) in [5, 5.41) is 23.4. The molecule has 1 aromatic carbocycles. The number of carboxylic acids is 1. The normalized spacial score (nSPS) is 10.3. The third kappa shape index (κ3) is 4.87. The molecule has 6 heteroatoms. The molecule has 4 N–H and O–H groups in total. The van der Waals surface area contributed by atoms with Crippen LogP contribution in [-0.2, 0) is 0 Å². The van der Waals surface area contributed by atoms with Gasteiger partial charge in [-0.15, -0.1) is 0 Å². The van der Waals surface area contributed by atoms with E-state index in [4.69, 9.17) is 5.11 Å². The molecule has 19 heavy (non-hydrogen) atoms. The topological polar surface area (TPSA) is 98.7 Å². The first-order chi connectivity index (χ1) is 8.90. The van der Waals surface area contributed by atoms with Crippen molar-refractivity contribution in [2.45, 2.75) is 20.3 Å². The minimum absolute atomic E-state index is 0.203. The van der Waals surface area contributed by atoms with E-state index in [0.29, 0.717) is 18.2 Å². The van der Waals surface area contributed by atoms with Crippen LogP contribution in [0, 0.1) is 5.92 Å². The molecule has 6 nitrogen and oxygen atoms in total. The van der Waals surface area contributed by atoms with Crippen LogP contribution in [0.25, 0.3) is 0 Å². The maximum absolute atomic E-state index is 11.5. The number of urea groups is 1. The molecule has 0 atom stereocenters. The molecule has 0 saturated carbocycles. The van der Waals surface area contributed by atoms with Crippen molar-refractivity contribution in [2.24, 2.45) is 5.92 Å². The molecule has 0 heterocycles. The van der Waals surface area contributed by atoms with E-state index in [1.54, 1.807) is 0 Å². The quantitative estimate of drug-likeness (QED) is 0.657. The van der Waals surface area contributed by atoms with E-state index in [2.05, 4.69) is 24.5 Å². The SMILES string of the molecule is CC(C)CCNC(=O)Nc1ccc(C(=O)O)c(O)c1. The molecular weight excluding hydrogens is 248 g/mol. The number of hydrogen-bond acceptors (Lipinski definition) is 3. The number of carbonyl (C=O) groups excluding carboxylic acids is 1. The Balaban J connectivity index is 2.55. The maximum Gasteiger partial charge on any atom is 0.339 e. The monoisotopic (exact) mass is 266 g/mol. The number of hydrogen-bond donors (Lipinski definition) is 4. The zero-order valence-corrected chi connectivity index (χ0v) is 10.9. The van der Waals surface area contributed by atoms with E-state index in [1.165, 1.54) is 18.2 Å². The Morgan fingerprint density at radius 2 is 2.00 bits per heavy atom. The minimum Gasteiger partial charge on any atom is -0.507 e. The first-order valence-corrected chi connectivity index (χ1v) is 6.01. The number of rotatable bonds is 5. The summed E-state index contributed by atoms with van der Waals surface area (Å²) in [7, 11) is 0. The Labute approximate surface area is 111 Å². The predicted molar refractivity (Wildman–Crippen MR) is 71.5 cm³/mol. The van der Waals surface area contributed by atoms with Gasteiger partial charge in [0.25, 0.3) is 0 Å². The molecule has 0 radical (unpaired) electrons. The molecule has 1 rings (SSSR count). The summed E-state index contributed by atoms with van der Waals surface area (Å²) in [4.78, 5) is 22.2. The Morgan fingerprint density at radius 1 is 1.32 bits per heavy atom. The molecule has 0 aromatic heterocycles. The Kier molecular flexibility index (Phi) is 5.17. The van der Waals surface area contributed by atoms with Crippen LogP contribution in [0.2, 0.25) is 0 Å². The molecular formula is C13H18N2O4. The second-order valence-electron chi connectivity index (χ2n) is 4.60. The largest absolute Gasteiger partial charge is 0.507 e. The average Bonchev–Trinajstić information content (AvgIpc) is 2.27. The molecule has 0 aliphatic rings. The van der Waals surface area contributed by atoms with Gasteiger partial charge >= 0.3 is 12.0 Å². The third-order valence-corrected chi connectivity index (χ3v) is 2.49. The van der Waals surface area contributed by atoms with Crippen molar-refractivity contribution in [1.29, 1.82) is 0 Å². The van der Waals surface area contributed by atoms with Crippen LogP contribution in [-0.4, -0.2) is 28.8 Å². The second kappa shape index (κ2) is 6.63. The fraction of sp³-hybridized carbons (Fsp3) is 0.385. The number of nitrogens with one attached hydrogen (secondary N) is 2. The van der Waals surface area contributed by atoms with Gasteiger partial charge in [-0.2, -0.15) is 0 Å². The molecule has 0 saturated heterocycles. The van der Waals surface area contributed by atoms with Crippen LogP contribution in [0.3, 0.4) is 0 Å². The van der Waals surface area contributed by atoms with Gasteiger partial charge in [0.1, 0.15) is 11.3 Å². The molecule has 0 aliphatic carbocycles.